The Balaban J connectivity index is 2.08. The number of nitrogens with two attached hydrogens (primary N) is 1. The smallest absolute Gasteiger partial charge is 0.192 e. The van der Waals surface area contributed by atoms with Crippen LogP contribution in [0.1, 0.15) is 47.8 Å². The van der Waals surface area contributed by atoms with Crippen LogP contribution in [-0.2, 0) is 13.6 Å². The van der Waals surface area contributed by atoms with Gasteiger partial charge < -0.3 is 19.3 Å². The van der Waals surface area contributed by atoms with Crippen LogP contribution in [0.15, 0.2) is 18.9 Å². The average Bonchev–Trinajstić information content (AvgIpc) is 3.21. The third-order valence-corrected chi connectivity index (χ3v) is 16.5. The fourth-order valence-electron chi connectivity index (χ4n) is 3.39. The van der Waals surface area contributed by atoms with Crippen LogP contribution in [0.3, 0.4) is 0 Å². The first kappa shape index (κ1) is 25.4. The van der Waals surface area contributed by atoms with Crippen molar-refractivity contribution in [2.45, 2.75) is 102 Å². The first-order valence-electron chi connectivity index (χ1n) is 11.4. The van der Waals surface area contributed by atoms with Crippen molar-refractivity contribution < 1.29 is 13.6 Å². The molecule has 0 bridgehead atoms. The highest BCUT2D eigenvalue weighted by Crippen LogP contribution is 2.45. The second-order valence-electron chi connectivity index (χ2n) is 11.9. The second-order valence-corrected chi connectivity index (χ2v) is 21.4. The Morgan fingerprint density at radius 1 is 0.969 bits per heavy atom. The number of hydrogen-bond donors (Lipinski definition) is 1. The van der Waals surface area contributed by atoms with Crippen molar-refractivity contribution in [3.8, 4) is 0 Å². The van der Waals surface area contributed by atoms with Gasteiger partial charge in [0.05, 0.1) is 18.6 Å². The molecule has 1 aliphatic heterocycles. The summed E-state index contributed by atoms with van der Waals surface area (Å²) in [6.07, 6.45) is 3.72. The maximum atomic E-state index is 7.02. The van der Waals surface area contributed by atoms with Gasteiger partial charge in [0.1, 0.15) is 24.1 Å². The molecule has 4 atom stereocenters. The van der Waals surface area contributed by atoms with Crippen LogP contribution in [-0.4, -0.2) is 61.0 Å². The highest BCUT2D eigenvalue weighted by Gasteiger charge is 2.54. The summed E-state index contributed by atoms with van der Waals surface area (Å²) in [5.74, 6) is 0. The number of aromatic nitrogens is 4. The first-order chi connectivity index (χ1) is 14.6. The molecular weight excluding hydrogens is 438 g/mol. The van der Waals surface area contributed by atoms with E-state index in [9.17, 15) is 0 Å². The van der Waals surface area contributed by atoms with Crippen molar-refractivity contribution in [2.24, 2.45) is 5.73 Å². The Morgan fingerprint density at radius 3 is 2.06 bits per heavy atom. The second kappa shape index (κ2) is 8.55. The number of ether oxygens (including phenoxy) is 1. The van der Waals surface area contributed by atoms with E-state index >= 15 is 0 Å². The van der Waals surface area contributed by atoms with Gasteiger partial charge in [-0.1, -0.05) is 41.5 Å². The SMILES string of the molecule is CC(C)(C)[Si](C)(C)O[C@@H]1[C@H](O[Si](C)(C)C(C)(C)C)[C@@H](CN)O[C@H]1n1cnc2cncnc21. The van der Waals surface area contributed by atoms with Gasteiger partial charge in [0, 0.05) is 6.54 Å². The van der Waals surface area contributed by atoms with Gasteiger partial charge in [-0.05, 0) is 36.3 Å². The molecule has 180 valence electrons. The normalized spacial score (nSPS) is 25.6. The summed E-state index contributed by atoms with van der Waals surface area (Å²) >= 11 is 0. The summed E-state index contributed by atoms with van der Waals surface area (Å²) in [6, 6.07) is 0. The van der Waals surface area contributed by atoms with Gasteiger partial charge >= 0.3 is 0 Å². The van der Waals surface area contributed by atoms with Crippen LogP contribution in [0, 0.1) is 0 Å². The van der Waals surface area contributed by atoms with Crippen LogP contribution >= 0.6 is 0 Å². The van der Waals surface area contributed by atoms with Crippen molar-refractivity contribution >= 4 is 27.8 Å². The molecule has 10 heteroatoms. The van der Waals surface area contributed by atoms with E-state index in [0.29, 0.717) is 6.54 Å². The molecule has 1 aliphatic rings. The summed E-state index contributed by atoms with van der Waals surface area (Å²) in [4.78, 5) is 13.0. The largest absolute Gasteiger partial charge is 0.408 e. The summed E-state index contributed by atoms with van der Waals surface area (Å²) in [5.41, 5.74) is 7.65. The van der Waals surface area contributed by atoms with Gasteiger partial charge in [-0.25, -0.2) is 15.0 Å². The molecule has 0 radical (unpaired) electrons. The van der Waals surface area contributed by atoms with Crippen molar-refractivity contribution in [3.63, 3.8) is 0 Å². The minimum atomic E-state index is -2.15. The van der Waals surface area contributed by atoms with Crippen molar-refractivity contribution in [1.82, 2.24) is 19.5 Å². The molecule has 32 heavy (non-hydrogen) atoms. The Labute approximate surface area is 194 Å². The summed E-state index contributed by atoms with van der Waals surface area (Å²) in [7, 11) is -4.26. The summed E-state index contributed by atoms with van der Waals surface area (Å²) in [5, 5.41) is 0.0970. The van der Waals surface area contributed by atoms with Gasteiger partial charge in [0.15, 0.2) is 28.5 Å². The van der Waals surface area contributed by atoms with Gasteiger partial charge in [-0.15, -0.1) is 0 Å². The topological polar surface area (TPSA) is 97.3 Å². The van der Waals surface area contributed by atoms with E-state index in [1.807, 2.05) is 4.57 Å². The van der Waals surface area contributed by atoms with E-state index in [2.05, 4.69) is 82.7 Å². The number of hydrogen-bond acceptors (Lipinski definition) is 7. The average molecular weight is 480 g/mol. The molecule has 0 aromatic carbocycles. The van der Waals surface area contributed by atoms with E-state index in [-0.39, 0.29) is 28.4 Å². The molecule has 2 N–H and O–H groups in total. The predicted molar refractivity (Wildman–Crippen MR) is 132 cm³/mol. The van der Waals surface area contributed by atoms with Crippen molar-refractivity contribution in [2.75, 3.05) is 6.54 Å². The third kappa shape index (κ3) is 4.71. The molecule has 3 heterocycles. The lowest BCUT2D eigenvalue weighted by atomic mass is 10.1. The highest BCUT2D eigenvalue weighted by molar-refractivity contribution is 6.74. The van der Waals surface area contributed by atoms with E-state index in [4.69, 9.17) is 19.3 Å². The Morgan fingerprint density at radius 2 is 1.53 bits per heavy atom. The summed E-state index contributed by atoms with van der Waals surface area (Å²) in [6.45, 7) is 22.9. The number of nitrogens with zero attached hydrogens (tertiary/aromatic N) is 4. The fourth-order valence-corrected chi connectivity index (χ4v) is 6.00. The van der Waals surface area contributed by atoms with Gasteiger partial charge in [0.25, 0.3) is 0 Å². The van der Waals surface area contributed by atoms with E-state index < -0.39 is 22.9 Å². The Kier molecular flexibility index (Phi) is 6.80. The highest BCUT2D eigenvalue weighted by atomic mass is 28.4. The molecule has 1 saturated heterocycles. The maximum absolute atomic E-state index is 7.02. The third-order valence-electron chi connectivity index (χ3n) is 7.50. The molecule has 8 nitrogen and oxygen atoms in total. The molecule has 0 unspecified atom stereocenters. The van der Waals surface area contributed by atoms with Gasteiger partial charge in [-0.3, -0.25) is 4.57 Å². The van der Waals surface area contributed by atoms with Crippen LogP contribution in [0.5, 0.6) is 0 Å². The molecule has 0 saturated carbocycles. The van der Waals surface area contributed by atoms with Crippen molar-refractivity contribution in [1.29, 1.82) is 0 Å². The lowest BCUT2D eigenvalue weighted by Gasteiger charge is -2.44. The lowest BCUT2D eigenvalue weighted by molar-refractivity contribution is -0.0286. The van der Waals surface area contributed by atoms with E-state index in [1.54, 1.807) is 12.5 Å². The lowest BCUT2D eigenvalue weighted by Crippen LogP contribution is -2.54. The van der Waals surface area contributed by atoms with Crippen LogP contribution in [0.4, 0.5) is 0 Å². The van der Waals surface area contributed by atoms with Gasteiger partial charge in [-0.2, -0.15) is 0 Å². The zero-order valence-corrected chi connectivity index (χ0v) is 23.3. The molecule has 0 aliphatic carbocycles. The molecule has 1 fully saturated rings. The van der Waals surface area contributed by atoms with Crippen LogP contribution in [0.25, 0.3) is 11.2 Å². The Hall–Kier alpha value is -1.18. The van der Waals surface area contributed by atoms with Crippen LogP contribution in [0.2, 0.25) is 36.3 Å². The fraction of sp³-hybridized carbons (Fsp3) is 0.773. The minimum absolute atomic E-state index is 0.0407. The standard InChI is InChI=1S/C22H41N5O3Si2/c1-21(2,3)31(7,8)29-17-16(11-23)28-20(18(17)30-32(9,10)22(4,5)6)27-14-26-15-12-24-13-25-19(15)27/h12-14,16-18,20H,11,23H2,1-10H3/t16-,17-,18-,20-/m1/s1. The van der Waals surface area contributed by atoms with Gasteiger partial charge in [0.2, 0.25) is 0 Å². The Bertz CT molecular complexity index is 936. The predicted octanol–water partition coefficient (Wildman–Crippen LogP) is 4.46. The van der Waals surface area contributed by atoms with Crippen LogP contribution < -0.4 is 5.73 Å². The monoisotopic (exact) mass is 479 g/mol. The number of rotatable bonds is 6. The molecule has 2 aromatic heterocycles. The number of fused-ring (bicyclic) bond motifs is 1. The quantitative estimate of drug-likeness (QED) is 0.611. The number of imidazole rings is 1. The molecular formula is C22H41N5O3Si2. The zero-order valence-electron chi connectivity index (χ0n) is 21.3. The molecule has 0 amide bonds. The molecule has 2 aromatic rings. The summed E-state index contributed by atoms with van der Waals surface area (Å²) < 4.78 is 22.4. The van der Waals surface area contributed by atoms with E-state index in [0.717, 1.165) is 11.2 Å². The minimum Gasteiger partial charge on any atom is -0.408 e. The van der Waals surface area contributed by atoms with E-state index in [1.165, 1.54) is 6.33 Å². The zero-order chi connectivity index (χ0) is 24.1. The van der Waals surface area contributed by atoms with Crippen molar-refractivity contribution in [3.05, 3.63) is 18.9 Å². The molecule has 0 spiro atoms. The molecule has 3 rings (SSSR count). The first-order valence-corrected chi connectivity index (χ1v) is 17.2. The maximum Gasteiger partial charge on any atom is 0.192 e.